The van der Waals surface area contributed by atoms with Crippen molar-refractivity contribution in [1.29, 1.82) is 0 Å². The molecule has 1 nitrogen and oxygen atoms in total. The SMILES string of the molecule is COC(C)CC1(CBr)CCC(C(C)(C)C)CC1. The first kappa shape index (κ1) is 15.5. The van der Waals surface area contributed by atoms with Gasteiger partial charge in [-0.1, -0.05) is 36.7 Å². The summed E-state index contributed by atoms with van der Waals surface area (Å²) in [6.45, 7) is 9.35. The Labute approximate surface area is 116 Å². The number of rotatable bonds is 4. The van der Waals surface area contributed by atoms with Gasteiger partial charge in [-0.05, 0) is 55.8 Å². The first-order valence-electron chi connectivity index (χ1n) is 6.92. The van der Waals surface area contributed by atoms with E-state index in [1.54, 1.807) is 0 Å². The van der Waals surface area contributed by atoms with E-state index in [1.807, 2.05) is 7.11 Å². The molecule has 1 rings (SSSR count). The molecule has 1 saturated carbocycles. The van der Waals surface area contributed by atoms with Gasteiger partial charge in [0.2, 0.25) is 0 Å². The molecule has 1 atom stereocenters. The highest BCUT2D eigenvalue weighted by Gasteiger charge is 2.38. The normalized spacial score (nSPS) is 32.5. The van der Waals surface area contributed by atoms with Gasteiger partial charge in [0.05, 0.1) is 6.10 Å². The molecule has 0 N–H and O–H groups in total. The van der Waals surface area contributed by atoms with Crippen molar-refractivity contribution in [2.75, 3.05) is 12.4 Å². The van der Waals surface area contributed by atoms with Crippen LogP contribution in [-0.4, -0.2) is 18.5 Å². The largest absolute Gasteiger partial charge is 0.382 e. The summed E-state index contributed by atoms with van der Waals surface area (Å²) in [7, 11) is 1.83. The maximum Gasteiger partial charge on any atom is 0.0548 e. The van der Waals surface area contributed by atoms with Gasteiger partial charge in [-0.15, -0.1) is 0 Å². The molecular weight excluding hydrogens is 276 g/mol. The predicted octanol–water partition coefficient (Wildman–Crippen LogP) is 5.03. The first-order valence-corrected chi connectivity index (χ1v) is 8.04. The Morgan fingerprint density at radius 3 is 2.18 bits per heavy atom. The summed E-state index contributed by atoms with van der Waals surface area (Å²) in [5, 5.41) is 1.13. The van der Waals surface area contributed by atoms with Crippen LogP contribution in [-0.2, 0) is 4.74 Å². The molecule has 0 saturated heterocycles. The second-order valence-electron chi connectivity index (χ2n) is 7.02. The van der Waals surface area contributed by atoms with Crippen molar-refractivity contribution in [3.05, 3.63) is 0 Å². The maximum absolute atomic E-state index is 5.45. The third kappa shape index (κ3) is 4.24. The van der Waals surface area contributed by atoms with Crippen molar-refractivity contribution in [2.24, 2.45) is 16.7 Å². The third-order valence-corrected chi connectivity index (χ3v) is 5.87. The molecule has 1 aliphatic rings. The van der Waals surface area contributed by atoms with E-state index >= 15 is 0 Å². The van der Waals surface area contributed by atoms with Gasteiger partial charge in [0, 0.05) is 12.4 Å². The van der Waals surface area contributed by atoms with Crippen LogP contribution in [0.1, 0.15) is 59.8 Å². The second-order valence-corrected chi connectivity index (χ2v) is 7.59. The highest BCUT2D eigenvalue weighted by molar-refractivity contribution is 9.09. The minimum atomic E-state index is 0.388. The van der Waals surface area contributed by atoms with Crippen LogP contribution in [0, 0.1) is 16.7 Å². The van der Waals surface area contributed by atoms with E-state index in [2.05, 4.69) is 43.6 Å². The number of hydrogen-bond acceptors (Lipinski definition) is 1. The summed E-state index contributed by atoms with van der Waals surface area (Å²) < 4.78 is 5.45. The Balaban J connectivity index is 2.57. The molecule has 1 aliphatic carbocycles. The summed E-state index contributed by atoms with van der Waals surface area (Å²) in [5.74, 6) is 0.896. The van der Waals surface area contributed by atoms with Crippen LogP contribution in [0.2, 0.25) is 0 Å². The number of methoxy groups -OCH3 is 1. The lowest BCUT2D eigenvalue weighted by Gasteiger charge is -2.44. The molecule has 0 aliphatic heterocycles. The summed E-state index contributed by atoms with van der Waals surface area (Å²) in [5.41, 5.74) is 0.961. The molecule has 1 unspecified atom stereocenters. The number of ether oxygens (including phenoxy) is 1. The summed E-state index contributed by atoms with van der Waals surface area (Å²) in [6, 6.07) is 0. The third-order valence-electron chi connectivity index (χ3n) is 4.68. The van der Waals surface area contributed by atoms with Gasteiger partial charge >= 0.3 is 0 Å². The van der Waals surface area contributed by atoms with E-state index in [9.17, 15) is 0 Å². The van der Waals surface area contributed by atoms with E-state index < -0.39 is 0 Å². The van der Waals surface area contributed by atoms with Crippen LogP contribution in [0.4, 0.5) is 0 Å². The van der Waals surface area contributed by atoms with E-state index in [0.29, 0.717) is 16.9 Å². The van der Waals surface area contributed by atoms with Gasteiger partial charge in [0.15, 0.2) is 0 Å². The molecule has 0 spiro atoms. The fourth-order valence-corrected chi connectivity index (χ4v) is 3.97. The minimum Gasteiger partial charge on any atom is -0.382 e. The molecule has 102 valence electrons. The lowest BCUT2D eigenvalue weighted by molar-refractivity contribution is 0.0341. The number of halogens is 1. The molecule has 0 aromatic carbocycles. The predicted molar refractivity (Wildman–Crippen MR) is 78.7 cm³/mol. The first-order chi connectivity index (χ1) is 7.83. The molecule has 1 fully saturated rings. The Morgan fingerprint density at radius 1 is 1.29 bits per heavy atom. The topological polar surface area (TPSA) is 9.23 Å². The molecule has 0 aromatic heterocycles. The van der Waals surface area contributed by atoms with Gasteiger partial charge < -0.3 is 4.74 Å². The molecule has 0 heterocycles. The monoisotopic (exact) mass is 304 g/mol. The minimum absolute atomic E-state index is 0.388. The van der Waals surface area contributed by atoms with Crippen LogP contribution < -0.4 is 0 Å². The van der Waals surface area contributed by atoms with Crippen molar-refractivity contribution in [3.63, 3.8) is 0 Å². The molecule has 2 heteroatoms. The smallest absolute Gasteiger partial charge is 0.0548 e. The fourth-order valence-electron chi connectivity index (χ4n) is 3.18. The van der Waals surface area contributed by atoms with Crippen LogP contribution in [0.25, 0.3) is 0 Å². The molecule has 0 bridgehead atoms. The van der Waals surface area contributed by atoms with Gasteiger partial charge in [-0.25, -0.2) is 0 Å². The van der Waals surface area contributed by atoms with Crippen molar-refractivity contribution in [3.8, 4) is 0 Å². The quantitative estimate of drug-likeness (QED) is 0.662. The number of alkyl halides is 1. The summed E-state index contributed by atoms with van der Waals surface area (Å²) in [4.78, 5) is 0. The van der Waals surface area contributed by atoms with E-state index in [0.717, 1.165) is 11.2 Å². The molecule has 0 amide bonds. The van der Waals surface area contributed by atoms with Crippen LogP contribution >= 0.6 is 15.9 Å². The van der Waals surface area contributed by atoms with E-state index in [1.165, 1.54) is 32.1 Å². The van der Waals surface area contributed by atoms with Crippen molar-refractivity contribution < 1.29 is 4.74 Å². The molecule has 0 aromatic rings. The van der Waals surface area contributed by atoms with Gasteiger partial charge in [-0.3, -0.25) is 0 Å². The standard InChI is InChI=1S/C15H29BrO/c1-12(17-5)10-15(11-16)8-6-13(7-9-15)14(2,3)4/h12-13H,6-11H2,1-5H3. The summed E-state index contributed by atoms with van der Waals surface area (Å²) in [6.07, 6.45) is 7.06. The Kier molecular flexibility index (Phi) is 5.52. The highest BCUT2D eigenvalue weighted by atomic mass is 79.9. The lowest BCUT2D eigenvalue weighted by atomic mass is 9.63. The van der Waals surface area contributed by atoms with Crippen molar-refractivity contribution >= 4 is 15.9 Å². The molecular formula is C15H29BrO. The van der Waals surface area contributed by atoms with E-state index in [4.69, 9.17) is 4.74 Å². The number of hydrogen-bond donors (Lipinski definition) is 0. The highest BCUT2D eigenvalue weighted by Crippen LogP contribution is 2.48. The van der Waals surface area contributed by atoms with Gasteiger partial charge in [-0.2, -0.15) is 0 Å². The maximum atomic E-state index is 5.45. The van der Waals surface area contributed by atoms with Crippen molar-refractivity contribution in [1.82, 2.24) is 0 Å². The van der Waals surface area contributed by atoms with E-state index in [-0.39, 0.29) is 0 Å². The fraction of sp³-hybridized carbons (Fsp3) is 1.00. The zero-order valence-electron chi connectivity index (χ0n) is 12.2. The second kappa shape index (κ2) is 6.06. The zero-order chi connectivity index (χ0) is 13.1. The Hall–Kier alpha value is 0.440. The zero-order valence-corrected chi connectivity index (χ0v) is 13.8. The Morgan fingerprint density at radius 2 is 1.82 bits per heavy atom. The van der Waals surface area contributed by atoms with Crippen LogP contribution in [0.5, 0.6) is 0 Å². The Bertz CT molecular complexity index is 224. The van der Waals surface area contributed by atoms with Gasteiger partial charge in [0.1, 0.15) is 0 Å². The van der Waals surface area contributed by atoms with Gasteiger partial charge in [0.25, 0.3) is 0 Å². The average molecular weight is 305 g/mol. The summed E-state index contributed by atoms with van der Waals surface area (Å²) >= 11 is 3.74. The van der Waals surface area contributed by atoms with Crippen LogP contribution in [0.3, 0.4) is 0 Å². The lowest BCUT2D eigenvalue weighted by Crippen LogP contribution is -2.36. The molecule has 17 heavy (non-hydrogen) atoms. The van der Waals surface area contributed by atoms with Crippen LogP contribution in [0.15, 0.2) is 0 Å². The van der Waals surface area contributed by atoms with Crippen molar-refractivity contribution in [2.45, 2.75) is 65.9 Å². The average Bonchev–Trinajstić information content (AvgIpc) is 2.28. The molecule has 0 radical (unpaired) electrons.